The van der Waals surface area contributed by atoms with E-state index in [1.807, 2.05) is 0 Å². The van der Waals surface area contributed by atoms with Crippen molar-refractivity contribution < 1.29 is 9.59 Å². The maximum absolute atomic E-state index is 12.6. The maximum atomic E-state index is 12.6. The van der Waals surface area contributed by atoms with Gasteiger partial charge in [-0.15, -0.1) is 6.58 Å². The van der Waals surface area contributed by atoms with Crippen LogP contribution in [0.3, 0.4) is 0 Å². The Morgan fingerprint density at radius 3 is 2.78 bits per heavy atom. The van der Waals surface area contributed by atoms with E-state index in [1.165, 1.54) is 4.57 Å². The number of benzene rings is 1. The fraction of sp³-hybridized carbons (Fsp3) is 0.368. The van der Waals surface area contributed by atoms with Crippen LogP contribution in [-0.2, 0) is 11.3 Å². The first-order valence-corrected chi connectivity index (χ1v) is 9.72. The van der Waals surface area contributed by atoms with Gasteiger partial charge >= 0.3 is 6.03 Å². The number of fused-ring (bicyclic) bond motifs is 1. The van der Waals surface area contributed by atoms with Gasteiger partial charge in [0, 0.05) is 13.1 Å². The molecule has 27 heavy (non-hydrogen) atoms. The lowest BCUT2D eigenvalue weighted by atomic mass is 10.1. The van der Waals surface area contributed by atoms with E-state index in [-0.39, 0.29) is 17.9 Å². The molecule has 0 aliphatic heterocycles. The molecule has 7 nitrogen and oxygen atoms in total. The summed E-state index contributed by atoms with van der Waals surface area (Å²) in [5.41, 5.74) is 0.381. The second-order valence-corrected chi connectivity index (χ2v) is 7.33. The van der Waals surface area contributed by atoms with Crippen LogP contribution < -0.4 is 16.2 Å². The number of amides is 3. The average molecular weight is 388 g/mol. The van der Waals surface area contributed by atoms with Crippen LogP contribution in [0.5, 0.6) is 0 Å². The largest absolute Gasteiger partial charge is 0.338 e. The summed E-state index contributed by atoms with van der Waals surface area (Å²) < 4.78 is 1.47. The lowest BCUT2D eigenvalue weighted by Gasteiger charge is -2.11. The zero-order valence-electron chi connectivity index (χ0n) is 15.5. The number of hydrogen-bond acceptors (Lipinski definition) is 5. The Kier molecular flexibility index (Phi) is 7.60. The fourth-order valence-electron chi connectivity index (χ4n) is 2.36. The van der Waals surface area contributed by atoms with Gasteiger partial charge in [-0.25, -0.2) is 9.78 Å². The number of carbonyl (C=O) groups excluding carboxylic acids is 2. The predicted molar refractivity (Wildman–Crippen MR) is 108 cm³/mol. The second-order valence-electron chi connectivity index (χ2n) is 6.39. The minimum atomic E-state index is -0.517. The van der Waals surface area contributed by atoms with Gasteiger partial charge in [0.1, 0.15) is 0 Å². The van der Waals surface area contributed by atoms with Gasteiger partial charge in [-0.2, -0.15) is 0 Å². The number of nitrogens with one attached hydrogen (secondary N) is 2. The predicted octanol–water partition coefficient (Wildman–Crippen LogP) is 2.55. The zero-order valence-corrected chi connectivity index (χ0v) is 16.3. The van der Waals surface area contributed by atoms with E-state index in [0.29, 0.717) is 28.5 Å². The zero-order chi connectivity index (χ0) is 19.8. The molecule has 0 aliphatic carbocycles. The average Bonchev–Trinajstić information content (AvgIpc) is 2.62. The van der Waals surface area contributed by atoms with E-state index < -0.39 is 11.9 Å². The topological polar surface area (TPSA) is 93.1 Å². The maximum Gasteiger partial charge on any atom is 0.321 e. The standard InChI is InChI=1S/C19H24N4O3S/c1-4-11-23-17(25)14-7-5-6-8-15(14)21-19(23)27-12-16(24)22-18(26)20-10-9-13(2)3/h4-8,13H,1,9-12H2,2-3H3,(H2,20,22,24,26). The van der Waals surface area contributed by atoms with Crippen molar-refractivity contribution in [1.29, 1.82) is 0 Å². The molecule has 1 aromatic carbocycles. The van der Waals surface area contributed by atoms with Crippen molar-refractivity contribution in [2.45, 2.75) is 32.0 Å². The third-order valence-corrected chi connectivity index (χ3v) is 4.71. The number of carbonyl (C=O) groups is 2. The van der Waals surface area contributed by atoms with Crippen molar-refractivity contribution in [1.82, 2.24) is 20.2 Å². The second kappa shape index (κ2) is 9.91. The molecule has 8 heteroatoms. The van der Waals surface area contributed by atoms with Crippen LogP contribution in [0.15, 0.2) is 46.9 Å². The summed E-state index contributed by atoms with van der Waals surface area (Å²) in [7, 11) is 0. The molecule has 2 aromatic rings. The monoisotopic (exact) mass is 388 g/mol. The summed E-state index contributed by atoms with van der Waals surface area (Å²) in [5.74, 6) is -0.00812. The molecule has 0 fully saturated rings. The van der Waals surface area contributed by atoms with Gasteiger partial charge in [-0.1, -0.05) is 43.8 Å². The number of rotatable bonds is 8. The normalized spacial score (nSPS) is 10.8. The van der Waals surface area contributed by atoms with Gasteiger partial charge in [0.25, 0.3) is 5.56 Å². The minimum absolute atomic E-state index is 0.0283. The van der Waals surface area contributed by atoms with Crippen molar-refractivity contribution in [2.24, 2.45) is 5.92 Å². The molecule has 3 amide bonds. The number of nitrogens with zero attached hydrogens (tertiary/aromatic N) is 2. The summed E-state index contributed by atoms with van der Waals surface area (Å²) in [4.78, 5) is 40.8. The van der Waals surface area contributed by atoms with Crippen LogP contribution in [0.4, 0.5) is 4.79 Å². The molecule has 0 radical (unpaired) electrons. The van der Waals surface area contributed by atoms with E-state index >= 15 is 0 Å². The molecule has 1 aromatic heterocycles. The van der Waals surface area contributed by atoms with Gasteiger partial charge in [-0.3, -0.25) is 19.5 Å². The molecule has 2 rings (SSSR count). The summed E-state index contributed by atoms with van der Waals surface area (Å²) in [5, 5.41) is 5.85. The molecule has 1 heterocycles. The Morgan fingerprint density at radius 1 is 1.33 bits per heavy atom. The third-order valence-electron chi connectivity index (χ3n) is 3.73. The molecule has 0 spiro atoms. The smallest absolute Gasteiger partial charge is 0.321 e. The lowest BCUT2D eigenvalue weighted by Crippen LogP contribution is -2.41. The van der Waals surface area contributed by atoms with Gasteiger partial charge in [0.05, 0.1) is 16.7 Å². The molecule has 0 bridgehead atoms. The molecular weight excluding hydrogens is 364 g/mol. The summed E-state index contributed by atoms with van der Waals surface area (Å²) in [6, 6.07) is 6.53. The Balaban J connectivity index is 2.04. The van der Waals surface area contributed by atoms with Crippen LogP contribution in [0, 0.1) is 5.92 Å². The number of para-hydroxylation sites is 1. The van der Waals surface area contributed by atoms with Crippen LogP contribution in [-0.4, -0.2) is 33.8 Å². The fourth-order valence-corrected chi connectivity index (χ4v) is 3.17. The first-order chi connectivity index (χ1) is 12.9. The number of aromatic nitrogens is 2. The number of hydrogen-bond donors (Lipinski definition) is 2. The van der Waals surface area contributed by atoms with Gasteiger partial charge in [0.2, 0.25) is 5.91 Å². The lowest BCUT2D eigenvalue weighted by molar-refractivity contribution is -0.117. The molecular formula is C19H24N4O3S. The van der Waals surface area contributed by atoms with Crippen molar-refractivity contribution >= 4 is 34.6 Å². The summed E-state index contributed by atoms with van der Waals surface area (Å²) >= 11 is 1.11. The highest BCUT2D eigenvalue weighted by Gasteiger charge is 2.13. The Hall–Kier alpha value is -2.61. The van der Waals surface area contributed by atoms with E-state index in [0.717, 1.165) is 18.2 Å². The Bertz CT molecular complexity index is 892. The highest BCUT2D eigenvalue weighted by atomic mass is 32.2. The number of thioether (sulfide) groups is 1. The van der Waals surface area contributed by atoms with Crippen molar-refractivity contribution in [2.75, 3.05) is 12.3 Å². The van der Waals surface area contributed by atoms with E-state index in [1.54, 1.807) is 30.3 Å². The van der Waals surface area contributed by atoms with Gasteiger partial charge < -0.3 is 5.32 Å². The van der Waals surface area contributed by atoms with Crippen LogP contribution >= 0.6 is 11.8 Å². The minimum Gasteiger partial charge on any atom is -0.338 e. The molecule has 2 N–H and O–H groups in total. The number of imide groups is 1. The Labute approximate surface area is 162 Å². The first kappa shape index (κ1) is 20.7. The van der Waals surface area contributed by atoms with E-state index in [2.05, 4.69) is 36.0 Å². The van der Waals surface area contributed by atoms with Crippen LogP contribution in [0.1, 0.15) is 20.3 Å². The quantitative estimate of drug-likeness (QED) is 0.412. The molecule has 0 saturated heterocycles. The van der Waals surface area contributed by atoms with Gasteiger partial charge in [-0.05, 0) is 24.5 Å². The Morgan fingerprint density at radius 2 is 2.07 bits per heavy atom. The van der Waals surface area contributed by atoms with E-state index in [9.17, 15) is 14.4 Å². The molecule has 0 unspecified atom stereocenters. The van der Waals surface area contributed by atoms with Crippen molar-refractivity contribution in [3.05, 3.63) is 47.3 Å². The van der Waals surface area contributed by atoms with Crippen LogP contribution in [0.2, 0.25) is 0 Å². The number of allylic oxidation sites excluding steroid dienone is 1. The van der Waals surface area contributed by atoms with Crippen LogP contribution in [0.25, 0.3) is 10.9 Å². The third kappa shape index (κ3) is 5.96. The molecule has 144 valence electrons. The van der Waals surface area contributed by atoms with Gasteiger partial charge in [0.15, 0.2) is 5.16 Å². The SMILES string of the molecule is C=CCn1c(SCC(=O)NC(=O)NCCC(C)C)nc2ccccc2c1=O. The highest BCUT2D eigenvalue weighted by Crippen LogP contribution is 2.17. The molecule has 0 aliphatic rings. The van der Waals surface area contributed by atoms with Crippen molar-refractivity contribution in [3.8, 4) is 0 Å². The summed E-state index contributed by atoms with van der Waals surface area (Å²) in [6.45, 7) is 8.57. The first-order valence-electron chi connectivity index (χ1n) is 8.73. The molecule has 0 atom stereocenters. The molecule has 0 saturated carbocycles. The number of urea groups is 1. The van der Waals surface area contributed by atoms with Crippen molar-refractivity contribution in [3.63, 3.8) is 0 Å². The summed E-state index contributed by atoms with van der Waals surface area (Å²) in [6.07, 6.45) is 2.44. The highest BCUT2D eigenvalue weighted by molar-refractivity contribution is 7.99. The van der Waals surface area contributed by atoms with E-state index in [4.69, 9.17) is 0 Å².